The van der Waals surface area contributed by atoms with Crippen molar-refractivity contribution in [2.75, 3.05) is 7.05 Å². The Morgan fingerprint density at radius 3 is 2.76 bits per heavy atom. The fraction of sp³-hybridized carbons (Fsp3) is 0.278. The van der Waals surface area contributed by atoms with Crippen molar-refractivity contribution in [3.05, 3.63) is 71.4 Å². The van der Waals surface area contributed by atoms with Crippen LogP contribution in [0.1, 0.15) is 22.6 Å². The Labute approximate surface area is 146 Å². The van der Waals surface area contributed by atoms with E-state index in [1.807, 2.05) is 54.2 Å². The number of rotatable bonds is 6. The Bertz CT molecular complexity index is 826. The molecule has 1 aromatic carbocycles. The number of carbonyl (C=O) groups excluding carboxylic acids is 1. The minimum Gasteiger partial charge on any atom is -0.361 e. The van der Waals surface area contributed by atoms with Gasteiger partial charge in [0.05, 0.1) is 13.1 Å². The van der Waals surface area contributed by atoms with E-state index in [-0.39, 0.29) is 6.03 Å². The van der Waals surface area contributed by atoms with E-state index >= 15 is 0 Å². The Hall–Kier alpha value is -3.09. The molecule has 7 heteroatoms. The highest BCUT2D eigenvalue weighted by Gasteiger charge is 2.12. The largest absolute Gasteiger partial charge is 0.361 e. The van der Waals surface area contributed by atoms with Gasteiger partial charge in [0, 0.05) is 32.1 Å². The van der Waals surface area contributed by atoms with Crippen molar-refractivity contribution in [1.82, 2.24) is 25.2 Å². The average Bonchev–Trinajstić information content (AvgIpc) is 3.25. The molecule has 0 bridgehead atoms. The predicted octanol–water partition coefficient (Wildman–Crippen LogP) is 2.57. The van der Waals surface area contributed by atoms with Crippen LogP contribution in [0.25, 0.3) is 0 Å². The highest BCUT2D eigenvalue weighted by molar-refractivity contribution is 5.73. The number of nitrogens with one attached hydrogen (secondary N) is 1. The van der Waals surface area contributed by atoms with Gasteiger partial charge in [-0.15, -0.1) is 0 Å². The summed E-state index contributed by atoms with van der Waals surface area (Å²) in [6.07, 6.45) is 3.67. The van der Waals surface area contributed by atoms with Crippen LogP contribution < -0.4 is 5.32 Å². The van der Waals surface area contributed by atoms with Crippen molar-refractivity contribution in [3.8, 4) is 0 Å². The lowest BCUT2D eigenvalue weighted by atomic mass is 10.1. The summed E-state index contributed by atoms with van der Waals surface area (Å²) in [4.78, 5) is 13.9. The summed E-state index contributed by atoms with van der Waals surface area (Å²) in [7, 11) is 1.73. The highest BCUT2D eigenvalue weighted by atomic mass is 16.5. The lowest BCUT2D eigenvalue weighted by molar-refractivity contribution is 0.205. The number of aromatic nitrogens is 3. The second kappa shape index (κ2) is 7.65. The number of hydrogen-bond acceptors (Lipinski definition) is 4. The first kappa shape index (κ1) is 16.8. The minimum atomic E-state index is -0.158. The molecular weight excluding hydrogens is 318 g/mol. The molecule has 0 aliphatic heterocycles. The first-order valence-corrected chi connectivity index (χ1v) is 8.07. The van der Waals surface area contributed by atoms with Gasteiger partial charge in [-0.25, -0.2) is 4.79 Å². The average molecular weight is 339 g/mol. The van der Waals surface area contributed by atoms with Gasteiger partial charge in [-0.3, -0.25) is 4.68 Å². The van der Waals surface area contributed by atoms with Crippen LogP contribution in [0.3, 0.4) is 0 Å². The van der Waals surface area contributed by atoms with Crippen LogP contribution >= 0.6 is 0 Å². The number of carbonyl (C=O) groups is 1. The molecule has 25 heavy (non-hydrogen) atoms. The Balaban J connectivity index is 1.58. The lowest BCUT2D eigenvalue weighted by Gasteiger charge is -2.17. The highest BCUT2D eigenvalue weighted by Crippen LogP contribution is 2.11. The van der Waals surface area contributed by atoms with Gasteiger partial charge < -0.3 is 14.7 Å². The molecule has 130 valence electrons. The Morgan fingerprint density at radius 1 is 1.28 bits per heavy atom. The molecule has 0 unspecified atom stereocenters. The number of benzene rings is 1. The van der Waals surface area contributed by atoms with Gasteiger partial charge in [-0.2, -0.15) is 5.10 Å². The number of amides is 2. The van der Waals surface area contributed by atoms with Crippen molar-refractivity contribution in [2.45, 2.75) is 26.6 Å². The normalized spacial score (nSPS) is 10.6. The van der Waals surface area contributed by atoms with Crippen LogP contribution in [0, 0.1) is 6.92 Å². The monoisotopic (exact) mass is 339 g/mol. The summed E-state index contributed by atoms with van der Waals surface area (Å²) >= 11 is 0. The molecule has 2 aromatic heterocycles. The van der Waals surface area contributed by atoms with Crippen LogP contribution in [0.15, 0.2) is 53.3 Å². The molecule has 0 radical (unpaired) electrons. The van der Waals surface area contributed by atoms with Gasteiger partial charge in [-0.05, 0) is 24.1 Å². The molecule has 0 atom stereocenters. The summed E-state index contributed by atoms with van der Waals surface area (Å²) in [5.41, 5.74) is 2.92. The van der Waals surface area contributed by atoms with Gasteiger partial charge in [-0.1, -0.05) is 29.4 Å². The molecule has 0 fully saturated rings. The van der Waals surface area contributed by atoms with E-state index < -0.39 is 0 Å². The van der Waals surface area contributed by atoms with E-state index in [2.05, 4.69) is 15.6 Å². The third kappa shape index (κ3) is 4.47. The van der Waals surface area contributed by atoms with Gasteiger partial charge in [0.1, 0.15) is 11.5 Å². The van der Waals surface area contributed by atoms with Crippen LogP contribution in [0.2, 0.25) is 0 Å². The first-order chi connectivity index (χ1) is 12.1. The topological polar surface area (TPSA) is 76.2 Å². The zero-order chi connectivity index (χ0) is 17.6. The molecule has 7 nitrogen and oxygen atoms in total. The maximum absolute atomic E-state index is 12.3. The quantitative estimate of drug-likeness (QED) is 0.749. The molecule has 0 aliphatic carbocycles. The molecular formula is C18H21N5O2. The molecule has 1 N–H and O–H groups in total. The van der Waals surface area contributed by atoms with E-state index in [9.17, 15) is 4.79 Å². The SMILES string of the molecule is Cc1cc(CN(C)C(=O)NCc2ccccc2Cn2cccn2)no1. The van der Waals surface area contributed by atoms with Crippen LogP contribution in [0.4, 0.5) is 4.79 Å². The molecule has 2 amide bonds. The fourth-order valence-corrected chi connectivity index (χ4v) is 2.57. The zero-order valence-corrected chi connectivity index (χ0v) is 14.3. The standard InChI is InChI=1S/C18H21N5O2/c1-14-10-17(21-25-14)13-22(2)18(24)19-11-15-6-3-4-7-16(15)12-23-9-5-8-20-23/h3-10H,11-13H2,1-2H3,(H,19,24). The van der Waals surface area contributed by atoms with Crippen LogP contribution in [-0.2, 0) is 19.6 Å². The summed E-state index contributed by atoms with van der Waals surface area (Å²) in [5, 5.41) is 11.1. The van der Waals surface area contributed by atoms with Crippen LogP contribution in [-0.4, -0.2) is 32.9 Å². The van der Waals surface area contributed by atoms with Gasteiger partial charge in [0.2, 0.25) is 0 Å². The van der Waals surface area contributed by atoms with Gasteiger partial charge in [0.15, 0.2) is 0 Å². The van der Waals surface area contributed by atoms with Crippen molar-refractivity contribution in [3.63, 3.8) is 0 Å². The van der Waals surface area contributed by atoms with Crippen molar-refractivity contribution >= 4 is 6.03 Å². The summed E-state index contributed by atoms with van der Waals surface area (Å²) < 4.78 is 6.88. The van der Waals surface area contributed by atoms with E-state index in [4.69, 9.17) is 4.52 Å². The number of nitrogens with zero attached hydrogens (tertiary/aromatic N) is 4. The molecule has 3 aromatic rings. The van der Waals surface area contributed by atoms with Gasteiger partial charge in [0.25, 0.3) is 0 Å². The zero-order valence-electron chi connectivity index (χ0n) is 14.3. The maximum atomic E-state index is 12.3. The smallest absolute Gasteiger partial charge is 0.317 e. The molecule has 0 saturated carbocycles. The number of aryl methyl sites for hydroxylation is 1. The van der Waals surface area contributed by atoms with Crippen molar-refractivity contribution in [1.29, 1.82) is 0 Å². The summed E-state index contributed by atoms with van der Waals surface area (Å²) in [6.45, 7) is 3.36. The fourth-order valence-electron chi connectivity index (χ4n) is 2.57. The maximum Gasteiger partial charge on any atom is 0.317 e. The molecule has 0 saturated heterocycles. The molecule has 3 rings (SSSR count). The Kier molecular flexibility index (Phi) is 5.13. The molecule has 0 spiro atoms. The van der Waals surface area contributed by atoms with Crippen molar-refractivity contribution in [2.24, 2.45) is 0 Å². The Morgan fingerprint density at radius 2 is 2.08 bits per heavy atom. The van der Waals surface area contributed by atoms with E-state index in [1.165, 1.54) is 0 Å². The molecule has 0 aliphatic rings. The van der Waals surface area contributed by atoms with Crippen molar-refractivity contribution < 1.29 is 9.32 Å². The van der Waals surface area contributed by atoms with E-state index in [0.29, 0.717) is 19.6 Å². The second-order valence-electron chi connectivity index (χ2n) is 5.92. The lowest BCUT2D eigenvalue weighted by Crippen LogP contribution is -2.36. The minimum absolute atomic E-state index is 0.158. The van der Waals surface area contributed by atoms with Gasteiger partial charge >= 0.3 is 6.03 Å². The summed E-state index contributed by atoms with van der Waals surface area (Å²) in [6, 6.07) is 11.6. The second-order valence-corrected chi connectivity index (χ2v) is 5.92. The third-order valence-electron chi connectivity index (χ3n) is 3.86. The number of hydrogen-bond donors (Lipinski definition) is 1. The number of urea groups is 1. The van der Waals surface area contributed by atoms with Crippen LogP contribution in [0.5, 0.6) is 0 Å². The summed E-state index contributed by atoms with van der Waals surface area (Å²) in [5.74, 6) is 0.733. The first-order valence-electron chi connectivity index (χ1n) is 8.07. The molecule has 2 heterocycles. The predicted molar refractivity (Wildman–Crippen MR) is 92.7 cm³/mol. The van der Waals surface area contributed by atoms with E-state index in [1.54, 1.807) is 18.1 Å². The third-order valence-corrected chi connectivity index (χ3v) is 3.86. The van der Waals surface area contributed by atoms with E-state index in [0.717, 1.165) is 22.6 Å².